The van der Waals surface area contributed by atoms with E-state index in [1.807, 2.05) is 30.3 Å². The van der Waals surface area contributed by atoms with E-state index in [9.17, 15) is 4.79 Å². The molecule has 0 heterocycles. The first-order valence-corrected chi connectivity index (χ1v) is 7.62. The Hall–Kier alpha value is -1.51. The number of benzene rings is 2. The number of ketones is 1. The van der Waals surface area contributed by atoms with Gasteiger partial charge in [-0.1, -0.05) is 35.3 Å². The van der Waals surface area contributed by atoms with Gasteiger partial charge in [0.15, 0.2) is 5.78 Å². The van der Waals surface area contributed by atoms with Gasteiger partial charge in [-0.3, -0.25) is 4.79 Å². The maximum Gasteiger partial charge on any atom is 0.163 e. The van der Waals surface area contributed by atoms with Gasteiger partial charge in [-0.15, -0.1) is 0 Å². The fourth-order valence-electron chi connectivity index (χ4n) is 2.53. The average Bonchev–Trinajstić information content (AvgIpc) is 2.49. The van der Waals surface area contributed by atoms with Gasteiger partial charge in [0.25, 0.3) is 0 Å². The molecular weight excluding hydrogens is 307 g/mol. The molecule has 0 radical (unpaired) electrons. The summed E-state index contributed by atoms with van der Waals surface area (Å²) in [5.74, 6) is 0.972. The number of halogens is 2. The second-order valence-corrected chi connectivity index (χ2v) is 5.88. The third-order valence-electron chi connectivity index (χ3n) is 3.65. The molecule has 0 atom stereocenters. The minimum atomic E-state index is 0.223. The molecule has 0 aromatic heterocycles. The molecule has 21 heavy (non-hydrogen) atoms. The lowest BCUT2D eigenvalue weighted by Gasteiger charge is -2.16. The van der Waals surface area contributed by atoms with Gasteiger partial charge >= 0.3 is 0 Å². The third kappa shape index (κ3) is 3.07. The van der Waals surface area contributed by atoms with Crippen molar-refractivity contribution in [1.82, 2.24) is 0 Å². The smallest absolute Gasteiger partial charge is 0.163 e. The molecule has 0 unspecified atom stereocenters. The lowest BCUT2D eigenvalue weighted by atomic mass is 9.90. The highest BCUT2D eigenvalue weighted by molar-refractivity contribution is 6.42. The van der Waals surface area contributed by atoms with Crippen LogP contribution in [0.15, 0.2) is 36.4 Å². The molecule has 0 aliphatic heterocycles. The maximum absolute atomic E-state index is 11.8. The minimum absolute atomic E-state index is 0.223. The molecule has 0 fully saturated rings. The monoisotopic (exact) mass is 320 g/mol. The number of hydrogen-bond acceptors (Lipinski definition) is 2. The summed E-state index contributed by atoms with van der Waals surface area (Å²) >= 11 is 12.1. The number of ether oxygens (including phenoxy) is 1. The second kappa shape index (κ2) is 6.08. The van der Waals surface area contributed by atoms with Crippen LogP contribution in [0.4, 0.5) is 0 Å². The molecule has 0 bridgehead atoms. The van der Waals surface area contributed by atoms with E-state index >= 15 is 0 Å². The Morgan fingerprint density at radius 1 is 1.10 bits per heavy atom. The van der Waals surface area contributed by atoms with Crippen LogP contribution in [-0.4, -0.2) is 5.78 Å². The Morgan fingerprint density at radius 2 is 1.95 bits per heavy atom. The number of rotatable bonds is 3. The summed E-state index contributed by atoms with van der Waals surface area (Å²) in [5, 5.41) is 1.04. The van der Waals surface area contributed by atoms with Gasteiger partial charge in [-0.05, 0) is 42.7 Å². The van der Waals surface area contributed by atoms with Crippen molar-refractivity contribution in [2.24, 2.45) is 0 Å². The summed E-state index contributed by atoms with van der Waals surface area (Å²) in [5.41, 5.74) is 2.74. The summed E-state index contributed by atoms with van der Waals surface area (Å²) in [6.07, 6.45) is 2.48. The van der Waals surface area contributed by atoms with Crippen LogP contribution in [0.25, 0.3) is 0 Å². The van der Waals surface area contributed by atoms with Crippen LogP contribution in [0, 0.1) is 0 Å². The van der Waals surface area contributed by atoms with Crippen molar-refractivity contribution in [1.29, 1.82) is 0 Å². The molecule has 108 valence electrons. The van der Waals surface area contributed by atoms with E-state index in [1.54, 1.807) is 6.07 Å². The predicted octanol–water partition coefficient (Wildman–Crippen LogP) is 5.09. The van der Waals surface area contributed by atoms with Crippen LogP contribution in [0.5, 0.6) is 5.75 Å². The SMILES string of the molecule is O=C1CCCc2cc(OCc3cccc(Cl)c3Cl)ccc21. The zero-order chi connectivity index (χ0) is 14.8. The highest BCUT2D eigenvalue weighted by Crippen LogP contribution is 2.28. The summed E-state index contributed by atoms with van der Waals surface area (Å²) in [6, 6.07) is 11.1. The van der Waals surface area contributed by atoms with Crippen molar-refractivity contribution >= 4 is 29.0 Å². The Bertz CT molecular complexity index is 695. The molecule has 0 amide bonds. The second-order valence-electron chi connectivity index (χ2n) is 5.10. The van der Waals surface area contributed by atoms with Crippen LogP contribution in [0.1, 0.15) is 34.3 Å². The van der Waals surface area contributed by atoms with E-state index in [2.05, 4.69) is 0 Å². The molecule has 0 saturated heterocycles. The van der Waals surface area contributed by atoms with Gasteiger partial charge in [0.05, 0.1) is 10.0 Å². The quantitative estimate of drug-likeness (QED) is 0.787. The predicted molar refractivity (Wildman–Crippen MR) is 84.5 cm³/mol. The number of aryl methyl sites for hydroxylation is 1. The zero-order valence-electron chi connectivity index (χ0n) is 11.4. The van der Waals surface area contributed by atoms with Crippen LogP contribution < -0.4 is 4.74 Å². The molecule has 2 nitrogen and oxygen atoms in total. The van der Waals surface area contributed by atoms with E-state index in [0.717, 1.165) is 35.3 Å². The Kier molecular flexibility index (Phi) is 4.18. The fourth-order valence-corrected chi connectivity index (χ4v) is 2.91. The first-order chi connectivity index (χ1) is 10.1. The van der Waals surface area contributed by atoms with Gasteiger partial charge in [0, 0.05) is 17.5 Å². The molecule has 1 aliphatic carbocycles. The lowest BCUT2D eigenvalue weighted by molar-refractivity contribution is 0.0972. The van der Waals surface area contributed by atoms with Gasteiger partial charge < -0.3 is 4.74 Å². The molecule has 2 aromatic rings. The number of carbonyl (C=O) groups is 1. The number of fused-ring (bicyclic) bond motifs is 1. The first-order valence-electron chi connectivity index (χ1n) is 6.87. The summed E-state index contributed by atoms with van der Waals surface area (Å²) < 4.78 is 5.77. The number of Topliss-reactive ketones (excluding diaryl/α,β-unsaturated/α-hetero) is 1. The normalized spacial score (nSPS) is 13.9. The van der Waals surface area contributed by atoms with E-state index in [1.165, 1.54) is 0 Å². The van der Waals surface area contributed by atoms with Gasteiger partial charge in [-0.2, -0.15) is 0 Å². The van der Waals surface area contributed by atoms with Crippen LogP contribution in [0.3, 0.4) is 0 Å². The standard InChI is InChI=1S/C17H14Cl2O2/c18-15-5-1-4-12(17(15)19)10-21-13-7-8-14-11(9-13)3-2-6-16(14)20/h1,4-5,7-9H,2-3,6,10H2. The van der Waals surface area contributed by atoms with Crippen LogP contribution in [-0.2, 0) is 13.0 Å². The van der Waals surface area contributed by atoms with Crippen molar-refractivity contribution in [3.8, 4) is 5.75 Å². The molecule has 0 saturated carbocycles. The summed E-state index contributed by atoms with van der Waals surface area (Å²) in [6.45, 7) is 0.353. The summed E-state index contributed by atoms with van der Waals surface area (Å²) in [7, 11) is 0. The van der Waals surface area contributed by atoms with Crippen molar-refractivity contribution in [3.63, 3.8) is 0 Å². The van der Waals surface area contributed by atoms with Gasteiger partial charge in [-0.25, -0.2) is 0 Å². The van der Waals surface area contributed by atoms with Crippen molar-refractivity contribution in [3.05, 3.63) is 63.1 Å². The zero-order valence-corrected chi connectivity index (χ0v) is 12.9. The number of carbonyl (C=O) groups excluding carboxylic acids is 1. The topological polar surface area (TPSA) is 26.3 Å². The molecular formula is C17H14Cl2O2. The van der Waals surface area contributed by atoms with Crippen molar-refractivity contribution in [2.75, 3.05) is 0 Å². The molecule has 1 aliphatic rings. The molecule has 4 heteroatoms. The third-order valence-corrected chi connectivity index (χ3v) is 4.51. The Labute approximate surface area is 133 Å². The van der Waals surface area contributed by atoms with Crippen molar-refractivity contribution in [2.45, 2.75) is 25.9 Å². The Morgan fingerprint density at radius 3 is 2.81 bits per heavy atom. The highest BCUT2D eigenvalue weighted by Gasteiger charge is 2.17. The molecule has 0 spiro atoms. The Balaban J connectivity index is 1.77. The minimum Gasteiger partial charge on any atom is -0.489 e. The van der Waals surface area contributed by atoms with E-state index in [4.69, 9.17) is 27.9 Å². The molecule has 2 aromatic carbocycles. The highest BCUT2D eigenvalue weighted by atomic mass is 35.5. The maximum atomic E-state index is 11.8. The largest absolute Gasteiger partial charge is 0.489 e. The van der Waals surface area contributed by atoms with Crippen LogP contribution >= 0.6 is 23.2 Å². The lowest BCUT2D eigenvalue weighted by Crippen LogP contribution is -2.10. The fraction of sp³-hybridized carbons (Fsp3) is 0.235. The van der Waals surface area contributed by atoms with Gasteiger partial charge in [0.2, 0.25) is 0 Å². The summed E-state index contributed by atoms with van der Waals surface area (Å²) in [4.78, 5) is 11.8. The molecule has 0 N–H and O–H groups in total. The average molecular weight is 321 g/mol. The van der Waals surface area contributed by atoms with E-state index in [-0.39, 0.29) is 5.78 Å². The van der Waals surface area contributed by atoms with E-state index in [0.29, 0.717) is 23.1 Å². The number of hydrogen-bond donors (Lipinski definition) is 0. The first kappa shape index (κ1) is 14.4. The van der Waals surface area contributed by atoms with Crippen LogP contribution in [0.2, 0.25) is 10.0 Å². The van der Waals surface area contributed by atoms with E-state index < -0.39 is 0 Å². The van der Waals surface area contributed by atoms with Gasteiger partial charge in [0.1, 0.15) is 12.4 Å². The molecule has 3 rings (SSSR count). The van der Waals surface area contributed by atoms with Crippen molar-refractivity contribution < 1.29 is 9.53 Å².